The van der Waals surface area contributed by atoms with Crippen LogP contribution in [0, 0.1) is 22.7 Å². The highest BCUT2D eigenvalue weighted by atomic mass is 32.1. The third-order valence-electron chi connectivity index (χ3n) is 8.17. The molecule has 5 aromatic carbocycles. The minimum Gasteiger partial charge on any atom is -0.192 e. The van der Waals surface area contributed by atoms with E-state index in [4.69, 9.17) is 0 Å². The van der Waals surface area contributed by atoms with Crippen molar-refractivity contribution in [3.63, 3.8) is 0 Å². The second-order valence-electron chi connectivity index (χ2n) is 10.7. The minimum absolute atomic E-state index is 0.605. The Hall–Kier alpha value is -5.00. The van der Waals surface area contributed by atoms with E-state index in [-0.39, 0.29) is 0 Å². The molecule has 0 unspecified atom stereocenters. The van der Waals surface area contributed by atoms with Gasteiger partial charge in [0.25, 0.3) is 0 Å². The second-order valence-corrected chi connectivity index (χ2v) is 12.8. The van der Waals surface area contributed by atoms with E-state index in [1.54, 1.807) is 11.3 Å². The first-order valence-electron chi connectivity index (χ1n) is 13.9. The normalized spacial score (nSPS) is 12.7. The maximum atomic E-state index is 10.0. The smallest absolute Gasteiger partial charge is 0.0992 e. The van der Waals surface area contributed by atoms with E-state index in [2.05, 4.69) is 97.1 Å². The van der Waals surface area contributed by atoms with Crippen LogP contribution >= 0.6 is 22.7 Å². The van der Waals surface area contributed by atoms with Crippen molar-refractivity contribution in [1.29, 1.82) is 10.5 Å². The molecule has 0 saturated carbocycles. The topological polar surface area (TPSA) is 47.6 Å². The largest absolute Gasteiger partial charge is 0.192 e. The van der Waals surface area contributed by atoms with Crippen molar-refractivity contribution in [2.45, 2.75) is 12.8 Å². The lowest BCUT2D eigenvalue weighted by molar-refractivity contribution is 0.998. The summed E-state index contributed by atoms with van der Waals surface area (Å²) in [6.07, 6.45) is 4.32. The summed E-state index contributed by atoms with van der Waals surface area (Å²) in [6.45, 7) is 0. The van der Waals surface area contributed by atoms with Gasteiger partial charge in [0.15, 0.2) is 0 Å². The second kappa shape index (κ2) is 9.82. The quantitative estimate of drug-likeness (QED) is 0.212. The molecule has 196 valence electrons. The standard InChI is InChI=1S/C38H22N2S2/c39-21-23-15-25(19-27(17-23)29-9-5-11-33-31-7-1-3-13-35(31)41-37(29)33)26-16-24(22-40)18-28(20-26)30-10-6-12-34-32-8-2-4-14-36(32)42-38(30)34/h1-5,7-11,13-20H,6,12H2. The van der Waals surface area contributed by atoms with Gasteiger partial charge in [-0.3, -0.25) is 0 Å². The number of nitrogens with zero attached hydrogens (tertiary/aromatic N) is 2. The maximum Gasteiger partial charge on any atom is 0.0992 e. The lowest BCUT2D eigenvalue weighted by atomic mass is 9.88. The molecule has 2 nitrogen and oxygen atoms in total. The van der Waals surface area contributed by atoms with E-state index in [0.29, 0.717) is 11.1 Å². The molecule has 2 heterocycles. The molecule has 0 atom stereocenters. The van der Waals surface area contributed by atoms with E-state index in [9.17, 15) is 10.5 Å². The molecule has 0 N–H and O–H groups in total. The Kier molecular flexibility index (Phi) is 5.79. The molecule has 0 spiro atoms. The van der Waals surface area contributed by atoms with Crippen LogP contribution in [-0.4, -0.2) is 0 Å². The summed E-state index contributed by atoms with van der Waals surface area (Å²) in [7, 11) is 0. The maximum absolute atomic E-state index is 10.0. The highest BCUT2D eigenvalue weighted by molar-refractivity contribution is 7.26. The monoisotopic (exact) mass is 570 g/mol. The summed E-state index contributed by atoms with van der Waals surface area (Å²) in [6, 6.07) is 40.5. The number of aryl methyl sites for hydroxylation is 1. The third kappa shape index (κ3) is 3.97. The van der Waals surface area contributed by atoms with Gasteiger partial charge in [-0.2, -0.15) is 10.5 Å². The first-order valence-corrected chi connectivity index (χ1v) is 15.6. The predicted molar refractivity (Wildman–Crippen MR) is 177 cm³/mol. The van der Waals surface area contributed by atoms with E-state index in [1.165, 1.54) is 46.3 Å². The molecule has 1 aliphatic carbocycles. The Bertz CT molecular complexity index is 2340. The number of benzene rings is 5. The van der Waals surface area contributed by atoms with Gasteiger partial charge in [-0.05, 0) is 106 Å². The van der Waals surface area contributed by atoms with Gasteiger partial charge in [0.1, 0.15) is 0 Å². The van der Waals surface area contributed by atoms with Crippen LogP contribution in [0.5, 0.6) is 0 Å². The highest BCUT2D eigenvalue weighted by Gasteiger charge is 2.21. The van der Waals surface area contributed by atoms with Crippen LogP contribution in [-0.2, 0) is 6.42 Å². The Morgan fingerprint density at radius 2 is 1.19 bits per heavy atom. The summed E-state index contributed by atoms with van der Waals surface area (Å²) in [4.78, 5) is 1.30. The van der Waals surface area contributed by atoms with Crippen molar-refractivity contribution < 1.29 is 0 Å². The van der Waals surface area contributed by atoms with Crippen molar-refractivity contribution >= 4 is 58.5 Å². The molecule has 2 aromatic heterocycles. The molecule has 42 heavy (non-hydrogen) atoms. The molecular weight excluding hydrogens is 549 g/mol. The number of nitriles is 2. The molecule has 7 aromatic rings. The molecule has 4 heteroatoms. The summed E-state index contributed by atoms with van der Waals surface area (Å²) >= 11 is 3.62. The summed E-state index contributed by atoms with van der Waals surface area (Å²) < 4.78 is 3.77. The molecule has 0 aliphatic heterocycles. The lowest BCUT2D eigenvalue weighted by Crippen LogP contribution is -1.98. The van der Waals surface area contributed by atoms with Crippen LogP contribution in [0.2, 0.25) is 0 Å². The fourth-order valence-electron chi connectivity index (χ4n) is 6.27. The van der Waals surface area contributed by atoms with Gasteiger partial charge >= 0.3 is 0 Å². The zero-order valence-electron chi connectivity index (χ0n) is 22.5. The van der Waals surface area contributed by atoms with Gasteiger partial charge < -0.3 is 0 Å². The number of fused-ring (bicyclic) bond motifs is 6. The molecule has 0 bridgehead atoms. The summed E-state index contributed by atoms with van der Waals surface area (Å²) in [5, 5.41) is 23.9. The van der Waals surface area contributed by atoms with Crippen molar-refractivity contribution in [2.24, 2.45) is 0 Å². The van der Waals surface area contributed by atoms with E-state index >= 15 is 0 Å². The number of allylic oxidation sites excluding steroid dienone is 1. The van der Waals surface area contributed by atoms with Gasteiger partial charge in [0, 0.05) is 29.7 Å². The number of hydrogen-bond acceptors (Lipinski definition) is 4. The van der Waals surface area contributed by atoms with Crippen LogP contribution in [0.25, 0.3) is 58.1 Å². The Morgan fingerprint density at radius 1 is 0.571 bits per heavy atom. The van der Waals surface area contributed by atoms with E-state index in [1.807, 2.05) is 35.6 Å². The third-order valence-corrected chi connectivity index (χ3v) is 10.6. The van der Waals surface area contributed by atoms with Crippen LogP contribution in [0.4, 0.5) is 0 Å². The SMILES string of the molecule is N#Cc1cc(C2=CCCc3c2sc2ccccc32)cc(-c2cc(C#N)cc(-c3cccc4c3sc3ccccc34)c2)c1. The van der Waals surface area contributed by atoms with Crippen LogP contribution in [0.15, 0.2) is 109 Å². The molecule has 0 amide bonds. The fraction of sp³-hybridized carbons (Fsp3) is 0.0526. The Balaban J connectivity index is 1.30. The summed E-state index contributed by atoms with van der Waals surface area (Å²) in [5.41, 5.74) is 8.88. The molecule has 1 aliphatic rings. The zero-order chi connectivity index (χ0) is 28.2. The van der Waals surface area contributed by atoms with Gasteiger partial charge in [-0.25, -0.2) is 0 Å². The van der Waals surface area contributed by atoms with Crippen LogP contribution in [0.1, 0.15) is 33.6 Å². The molecule has 8 rings (SSSR count). The number of rotatable bonds is 3. The molecular formula is C38H22N2S2. The zero-order valence-corrected chi connectivity index (χ0v) is 24.2. The van der Waals surface area contributed by atoms with Crippen molar-refractivity contribution in [1.82, 2.24) is 0 Å². The van der Waals surface area contributed by atoms with Gasteiger partial charge in [0.05, 0.1) is 23.3 Å². The van der Waals surface area contributed by atoms with Crippen molar-refractivity contribution in [3.05, 3.63) is 136 Å². The first kappa shape index (κ1) is 24.8. The minimum atomic E-state index is 0.605. The van der Waals surface area contributed by atoms with Crippen molar-refractivity contribution in [2.75, 3.05) is 0 Å². The predicted octanol–water partition coefficient (Wildman–Crippen LogP) is 10.7. The van der Waals surface area contributed by atoms with E-state index < -0.39 is 0 Å². The fourth-order valence-corrected chi connectivity index (χ4v) is 8.82. The van der Waals surface area contributed by atoms with Crippen LogP contribution < -0.4 is 0 Å². The van der Waals surface area contributed by atoms with Gasteiger partial charge in [-0.15, -0.1) is 22.7 Å². The molecule has 0 radical (unpaired) electrons. The Morgan fingerprint density at radius 3 is 1.95 bits per heavy atom. The summed E-state index contributed by atoms with van der Waals surface area (Å²) in [5.74, 6) is 0. The highest BCUT2D eigenvalue weighted by Crippen LogP contribution is 2.44. The lowest BCUT2D eigenvalue weighted by Gasteiger charge is -2.16. The number of hydrogen-bond donors (Lipinski definition) is 0. The van der Waals surface area contributed by atoms with Gasteiger partial charge in [0.2, 0.25) is 0 Å². The molecule has 0 saturated heterocycles. The van der Waals surface area contributed by atoms with Crippen LogP contribution in [0.3, 0.4) is 0 Å². The average Bonchev–Trinajstić information content (AvgIpc) is 3.63. The number of thiophene rings is 2. The molecule has 0 fully saturated rings. The van der Waals surface area contributed by atoms with Gasteiger partial charge in [-0.1, -0.05) is 60.7 Å². The average molecular weight is 571 g/mol. The first-order chi connectivity index (χ1) is 20.7. The van der Waals surface area contributed by atoms with E-state index in [0.717, 1.165) is 40.7 Å². The van der Waals surface area contributed by atoms with Crippen molar-refractivity contribution in [3.8, 4) is 34.4 Å². The Labute approximate surface area is 251 Å².